The molecule has 118 valence electrons. The van der Waals surface area contributed by atoms with E-state index in [-0.39, 0.29) is 0 Å². The lowest BCUT2D eigenvalue weighted by molar-refractivity contribution is 0.125. The first-order valence-corrected chi connectivity index (χ1v) is 8.49. The Hall–Kier alpha value is -0.860. The molecule has 21 heavy (non-hydrogen) atoms. The summed E-state index contributed by atoms with van der Waals surface area (Å²) >= 11 is 0. The van der Waals surface area contributed by atoms with E-state index < -0.39 is 6.10 Å². The summed E-state index contributed by atoms with van der Waals surface area (Å²) in [6.45, 7) is 7.78. The first-order valence-electron chi connectivity index (χ1n) is 8.49. The zero-order valence-electron chi connectivity index (χ0n) is 13.8. The molecule has 1 aromatic rings. The molecule has 2 heteroatoms. The van der Waals surface area contributed by atoms with Crippen LogP contribution in [0.4, 0.5) is 0 Å². The number of aliphatic hydroxyl groups excluding tert-OH is 1. The average Bonchev–Trinajstić information content (AvgIpc) is 2.54. The summed E-state index contributed by atoms with van der Waals surface area (Å²) in [5, 5.41) is 13.8. The molecule has 2 rings (SSSR count). The molecule has 1 aliphatic rings. The number of benzene rings is 1. The van der Waals surface area contributed by atoms with Crippen molar-refractivity contribution >= 4 is 0 Å². The van der Waals surface area contributed by atoms with Crippen molar-refractivity contribution in [3.8, 4) is 0 Å². The molecule has 1 aliphatic carbocycles. The van der Waals surface area contributed by atoms with Gasteiger partial charge in [-0.1, -0.05) is 57.5 Å². The van der Waals surface area contributed by atoms with Crippen LogP contribution < -0.4 is 5.32 Å². The van der Waals surface area contributed by atoms with E-state index in [1.54, 1.807) is 0 Å². The van der Waals surface area contributed by atoms with Crippen molar-refractivity contribution in [2.75, 3.05) is 6.54 Å². The van der Waals surface area contributed by atoms with Crippen LogP contribution in [0.2, 0.25) is 0 Å². The number of hydrogen-bond donors (Lipinski definition) is 2. The molecular weight excluding hydrogens is 258 g/mol. The molecule has 0 amide bonds. The van der Waals surface area contributed by atoms with E-state index >= 15 is 0 Å². The molecule has 0 aromatic heterocycles. The van der Waals surface area contributed by atoms with Crippen molar-refractivity contribution in [2.24, 2.45) is 11.3 Å². The molecule has 1 saturated carbocycles. The van der Waals surface area contributed by atoms with E-state index in [1.807, 2.05) is 30.3 Å². The second-order valence-corrected chi connectivity index (χ2v) is 7.23. The van der Waals surface area contributed by atoms with Gasteiger partial charge in [0, 0.05) is 12.6 Å². The van der Waals surface area contributed by atoms with Crippen LogP contribution in [0.15, 0.2) is 30.3 Å². The Kier molecular flexibility index (Phi) is 5.83. The summed E-state index contributed by atoms with van der Waals surface area (Å²) in [5.74, 6) is 0.861. The van der Waals surface area contributed by atoms with E-state index in [4.69, 9.17) is 0 Å². The van der Waals surface area contributed by atoms with Crippen LogP contribution in [-0.4, -0.2) is 17.7 Å². The van der Waals surface area contributed by atoms with Gasteiger partial charge in [0.1, 0.15) is 0 Å². The standard InChI is InChI=1S/C19H31NO/c1-4-19(2,3)16-10-12-17(13-11-16)20-14-18(21)15-8-6-5-7-9-15/h5-9,16-18,20-21H,4,10-14H2,1-3H3. The molecule has 0 saturated heterocycles. The zero-order valence-corrected chi connectivity index (χ0v) is 13.8. The minimum absolute atomic E-state index is 0.393. The first-order chi connectivity index (χ1) is 10.0. The second kappa shape index (κ2) is 7.42. The molecule has 0 bridgehead atoms. The summed E-state index contributed by atoms with van der Waals surface area (Å²) in [7, 11) is 0. The predicted octanol–water partition coefficient (Wildman–Crippen LogP) is 4.30. The molecular formula is C19H31NO. The van der Waals surface area contributed by atoms with Gasteiger partial charge in [-0.25, -0.2) is 0 Å². The lowest BCUT2D eigenvalue weighted by Crippen LogP contribution is -2.38. The van der Waals surface area contributed by atoms with Crippen molar-refractivity contribution in [1.82, 2.24) is 5.32 Å². The zero-order chi connectivity index (χ0) is 15.3. The normalized spacial score (nSPS) is 24.8. The van der Waals surface area contributed by atoms with Gasteiger partial charge in [0.05, 0.1) is 6.10 Å². The van der Waals surface area contributed by atoms with Crippen molar-refractivity contribution in [3.05, 3.63) is 35.9 Å². The predicted molar refractivity (Wildman–Crippen MR) is 89.2 cm³/mol. The van der Waals surface area contributed by atoms with Crippen LogP contribution in [0.3, 0.4) is 0 Å². The van der Waals surface area contributed by atoms with Crippen LogP contribution in [-0.2, 0) is 0 Å². The van der Waals surface area contributed by atoms with Crippen molar-refractivity contribution in [1.29, 1.82) is 0 Å². The Labute approximate surface area is 130 Å². The van der Waals surface area contributed by atoms with Gasteiger partial charge < -0.3 is 10.4 Å². The average molecular weight is 289 g/mol. The van der Waals surface area contributed by atoms with Crippen LogP contribution in [0.25, 0.3) is 0 Å². The third kappa shape index (κ3) is 4.55. The van der Waals surface area contributed by atoms with Crippen LogP contribution >= 0.6 is 0 Å². The van der Waals surface area contributed by atoms with E-state index in [2.05, 4.69) is 26.1 Å². The number of aliphatic hydroxyl groups is 1. The lowest BCUT2D eigenvalue weighted by Gasteiger charge is -2.39. The lowest BCUT2D eigenvalue weighted by atomic mass is 9.69. The Morgan fingerprint density at radius 3 is 2.33 bits per heavy atom. The van der Waals surface area contributed by atoms with Crippen LogP contribution in [0, 0.1) is 11.3 Å². The summed E-state index contributed by atoms with van der Waals surface area (Å²) in [6, 6.07) is 10.5. The van der Waals surface area contributed by atoms with Crippen LogP contribution in [0.1, 0.15) is 64.5 Å². The quantitative estimate of drug-likeness (QED) is 0.818. The SMILES string of the molecule is CCC(C)(C)C1CCC(NCC(O)c2ccccc2)CC1. The molecule has 0 spiro atoms. The molecule has 0 heterocycles. The summed E-state index contributed by atoms with van der Waals surface area (Å²) < 4.78 is 0. The van der Waals surface area contributed by atoms with Gasteiger partial charge in [-0.2, -0.15) is 0 Å². The van der Waals surface area contributed by atoms with E-state index in [0.717, 1.165) is 11.5 Å². The van der Waals surface area contributed by atoms with Gasteiger partial charge >= 0.3 is 0 Å². The molecule has 0 radical (unpaired) electrons. The Balaban J connectivity index is 1.74. The number of nitrogens with one attached hydrogen (secondary N) is 1. The highest BCUT2D eigenvalue weighted by Gasteiger charge is 2.31. The smallest absolute Gasteiger partial charge is 0.0914 e. The highest BCUT2D eigenvalue weighted by molar-refractivity contribution is 5.17. The first kappa shape index (κ1) is 16.5. The second-order valence-electron chi connectivity index (χ2n) is 7.23. The van der Waals surface area contributed by atoms with Crippen LogP contribution in [0.5, 0.6) is 0 Å². The van der Waals surface area contributed by atoms with E-state index in [0.29, 0.717) is 18.0 Å². The fourth-order valence-electron chi connectivity index (χ4n) is 3.44. The number of rotatable bonds is 6. The third-order valence-corrected chi connectivity index (χ3v) is 5.53. The Bertz CT molecular complexity index is 407. The summed E-state index contributed by atoms with van der Waals surface area (Å²) in [4.78, 5) is 0. The third-order valence-electron chi connectivity index (χ3n) is 5.53. The van der Waals surface area contributed by atoms with Gasteiger partial charge in [0.15, 0.2) is 0 Å². The molecule has 0 aliphatic heterocycles. The maximum Gasteiger partial charge on any atom is 0.0914 e. The van der Waals surface area contributed by atoms with Gasteiger partial charge in [-0.15, -0.1) is 0 Å². The van der Waals surface area contributed by atoms with Gasteiger partial charge in [-0.05, 0) is 42.6 Å². The maximum absolute atomic E-state index is 10.2. The summed E-state index contributed by atoms with van der Waals surface area (Å²) in [6.07, 6.45) is 6.00. The van der Waals surface area contributed by atoms with E-state index in [9.17, 15) is 5.11 Å². The van der Waals surface area contributed by atoms with Gasteiger partial charge in [0.25, 0.3) is 0 Å². The minimum Gasteiger partial charge on any atom is -0.387 e. The monoisotopic (exact) mass is 289 g/mol. The fourth-order valence-corrected chi connectivity index (χ4v) is 3.44. The topological polar surface area (TPSA) is 32.3 Å². The largest absolute Gasteiger partial charge is 0.387 e. The minimum atomic E-state index is -0.393. The summed E-state index contributed by atoms with van der Waals surface area (Å²) in [5.41, 5.74) is 1.49. The van der Waals surface area contributed by atoms with Crippen molar-refractivity contribution in [2.45, 2.75) is 65.0 Å². The van der Waals surface area contributed by atoms with Gasteiger partial charge in [0.2, 0.25) is 0 Å². The van der Waals surface area contributed by atoms with Crippen molar-refractivity contribution < 1.29 is 5.11 Å². The van der Waals surface area contributed by atoms with Crippen molar-refractivity contribution in [3.63, 3.8) is 0 Å². The molecule has 2 N–H and O–H groups in total. The highest BCUT2D eigenvalue weighted by Crippen LogP contribution is 2.40. The molecule has 1 aromatic carbocycles. The van der Waals surface area contributed by atoms with E-state index in [1.165, 1.54) is 32.1 Å². The Morgan fingerprint density at radius 2 is 1.76 bits per heavy atom. The molecule has 1 fully saturated rings. The fraction of sp³-hybridized carbons (Fsp3) is 0.684. The Morgan fingerprint density at radius 1 is 1.14 bits per heavy atom. The number of hydrogen-bond acceptors (Lipinski definition) is 2. The molecule has 1 unspecified atom stereocenters. The maximum atomic E-state index is 10.2. The molecule has 2 nitrogen and oxygen atoms in total. The molecule has 1 atom stereocenters. The highest BCUT2D eigenvalue weighted by atomic mass is 16.3. The van der Waals surface area contributed by atoms with Gasteiger partial charge in [-0.3, -0.25) is 0 Å².